The van der Waals surface area contributed by atoms with Crippen molar-refractivity contribution >= 4 is 63.0 Å². The third-order valence-corrected chi connectivity index (χ3v) is 6.09. The molecule has 2 aromatic rings. The van der Waals surface area contributed by atoms with Crippen LogP contribution in [0.15, 0.2) is 18.2 Å². The summed E-state index contributed by atoms with van der Waals surface area (Å²) in [6.07, 6.45) is 2.57. The van der Waals surface area contributed by atoms with E-state index in [1.165, 1.54) is 25.2 Å². The second-order valence-electron chi connectivity index (χ2n) is 6.79. The van der Waals surface area contributed by atoms with Gasteiger partial charge in [-0.3, -0.25) is 9.59 Å². The number of ether oxygens (including phenoxy) is 1. The molecule has 0 saturated carbocycles. The number of halogens is 2. The molecule has 154 valence electrons. The number of amides is 2. The Bertz CT molecular complexity index is 953. The predicted octanol–water partition coefficient (Wildman–Crippen LogP) is 5.08. The van der Waals surface area contributed by atoms with Crippen molar-refractivity contribution in [2.75, 3.05) is 10.6 Å². The number of hydrogen-bond acceptors (Lipinski definition) is 5. The maximum atomic E-state index is 12.9. The van der Waals surface area contributed by atoms with E-state index in [0.29, 0.717) is 26.3 Å². The van der Waals surface area contributed by atoms with Crippen LogP contribution in [0.2, 0.25) is 10.0 Å². The van der Waals surface area contributed by atoms with E-state index in [0.717, 1.165) is 36.1 Å². The lowest BCUT2D eigenvalue weighted by molar-refractivity contribution is -0.123. The topological polar surface area (TPSA) is 84.5 Å². The number of hydrogen-bond donors (Lipinski definition) is 2. The first-order valence-electron chi connectivity index (χ1n) is 9.14. The third-order valence-electron chi connectivity index (χ3n) is 4.45. The van der Waals surface area contributed by atoms with Gasteiger partial charge in [-0.1, -0.05) is 23.2 Å². The molecule has 1 atom stereocenters. The number of aryl methyl sites for hydroxylation is 1. The van der Waals surface area contributed by atoms with Crippen LogP contribution in [0.5, 0.6) is 0 Å². The Morgan fingerprint density at radius 2 is 1.72 bits per heavy atom. The first kappa shape index (κ1) is 21.6. The molecule has 1 aliphatic carbocycles. The van der Waals surface area contributed by atoms with Gasteiger partial charge < -0.3 is 15.4 Å². The smallest absolute Gasteiger partial charge is 0.342 e. The van der Waals surface area contributed by atoms with Gasteiger partial charge in [0, 0.05) is 27.5 Å². The molecule has 1 aromatic heterocycles. The van der Waals surface area contributed by atoms with Crippen LogP contribution in [0.3, 0.4) is 0 Å². The standard InChI is InChI=1S/C20H20Cl2N2O4S/c1-10(18(26)24-14-8-12(21)7-13(22)9-14)28-20(27)17-15-5-3-4-6-16(15)29-19(17)23-11(2)25/h7-10H,3-6H2,1-2H3,(H,23,25)(H,24,26). The van der Waals surface area contributed by atoms with Gasteiger partial charge in [-0.2, -0.15) is 0 Å². The zero-order valence-electron chi connectivity index (χ0n) is 15.9. The zero-order chi connectivity index (χ0) is 21.1. The van der Waals surface area contributed by atoms with Gasteiger partial charge >= 0.3 is 5.97 Å². The molecule has 0 bridgehead atoms. The molecule has 1 aliphatic rings. The number of esters is 1. The van der Waals surface area contributed by atoms with E-state index in [4.69, 9.17) is 27.9 Å². The van der Waals surface area contributed by atoms with Gasteiger partial charge in [0.05, 0.1) is 5.56 Å². The van der Waals surface area contributed by atoms with Crippen LogP contribution >= 0.6 is 34.5 Å². The van der Waals surface area contributed by atoms with E-state index in [2.05, 4.69) is 10.6 Å². The molecular formula is C20H20Cl2N2O4S. The van der Waals surface area contributed by atoms with Crippen LogP contribution < -0.4 is 10.6 Å². The molecular weight excluding hydrogens is 435 g/mol. The normalized spacial score (nSPS) is 13.9. The second kappa shape index (κ2) is 9.15. The first-order valence-corrected chi connectivity index (χ1v) is 10.7. The van der Waals surface area contributed by atoms with E-state index >= 15 is 0 Å². The number of fused-ring (bicyclic) bond motifs is 1. The molecule has 1 aromatic carbocycles. The number of carbonyl (C=O) groups excluding carboxylic acids is 3. The molecule has 1 heterocycles. The Hall–Kier alpha value is -2.09. The summed E-state index contributed by atoms with van der Waals surface area (Å²) in [4.78, 5) is 37.9. The largest absolute Gasteiger partial charge is 0.449 e. The summed E-state index contributed by atoms with van der Waals surface area (Å²) in [5.41, 5.74) is 1.66. The molecule has 29 heavy (non-hydrogen) atoms. The summed E-state index contributed by atoms with van der Waals surface area (Å²) < 4.78 is 5.42. The van der Waals surface area contributed by atoms with E-state index in [1.54, 1.807) is 18.2 Å². The summed E-state index contributed by atoms with van der Waals surface area (Å²) in [6.45, 7) is 2.87. The Labute approximate surface area is 182 Å². The maximum absolute atomic E-state index is 12.9. The lowest BCUT2D eigenvalue weighted by Crippen LogP contribution is -2.30. The third kappa shape index (κ3) is 5.29. The lowest BCUT2D eigenvalue weighted by Gasteiger charge is -2.16. The predicted molar refractivity (Wildman–Crippen MR) is 115 cm³/mol. The minimum Gasteiger partial charge on any atom is -0.449 e. The van der Waals surface area contributed by atoms with E-state index < -0.39 is 18.0 Å². The Morgan fingerprint density at radius 3 is 2.38 bits per heavy atom. The Balaban J connectivity index is 1.76. The van der Waals surface area contributed by atoms with Crippen LogP contribution in [0.1, 0.15) is 47.5 Å². The molecule has 0 aliphatic heterocycles. The molecule has 2 N–H and O–H groups in total. The molecule has 0 spiro atoms. The van der Waals surface area contributed by atoms with Crippen LogP contribution in [0.4, 0.5) is 10.7 Å². The van der Waals surface area contributed by atoms with Crippen molar-refractivity contribution < 1.29 is 19.1 Å². The van der Waals surface area contributed by atoms with Gasteiger partial charge in [-0.15, -0.1) is 11.3 Å². The van der Waals surface area contributed by atoms with Crippen molar-refractivity contribution in [3.05, 3.63) is 44.2 Å². The summed E-state index contributed by atoms with van der Waals surface area (Å²) in [7, 11) is 0. The van der Waals surface area contributed by atoms with Crippen molar-refractivity contribution in [2.24, 2.45) is 0 Å². The molecule has 9 heteroatoms. The molecule has 0 saturated heterocycles. The minimum absolute atomic E-state index is 0.263. The fourth-order valence-corrected chi connectivity index (χ4v) is 5.02. The van der Waals surface area contributed by atoms with Gasteiger partial charge in [-0.25, -0.2) is 4.79 Å². The van der Waals surface area contributed by atoms with Crippen molar-refractivity contribution in [3.8, 4) is 0 Å². The number of thiophene rings is 1. The van der Waals surface area contributed by atoms with E-state index in [9.17, 15) is 14.4 Å². The fraction of sp³-hybridized carbons (Fsp3) is 0.350. The number of rotatable bonds is 5. The maximum Gasteiger partial charge on any atom is 0.342 e. The molecule has 2 amide bonds. The SMILES string of the molecule is CC(=O)Nc1sc2c(c1C(=O)OC(C)C(=O)Nc1cc(Cl)cc(Cl)c1)CCCC2. The van der Waals surface area contributed by atoms with E-state index in [1.807, 2.05) is 0 Å². The van der Waals surface area contributed by atoms with Crippen LogP contribution in [-0.4, -0.2) is 23.9 Å². The first-order chi connectivity index (χ1) is 13.7. The van der Waals surface area contributed by atoms with Crippen molar-refractivity contribution in [1.29, 1.82) is 0 Å². The van der Waals surface area contributed by atoms with Gasteiger partial charge in [0.25, 0.3) is 5.91 Å². The van der Waals surface area contributed by atoms with Gasteiger partial charge in [0.2, 0.25) is 5.91 Å². The second-order valence-corrected chi connectivity index (χ2v) is 8.77. The van der Waals surface area contributed by atoms with Crippen molar-refractivity contribution in [1.82, 2.24) is 0 Å². The number of carbonyl (C=O) groups is 3. The average molecular weight is 455 g/mol. The van der Waals surface area contributed by atoms with E-state index in [-0.39, 0.29) is 5.91 Å². The summed E-state index contributed by atoms with van der Waals surface area (Å²) >= 11 is 13.3. The van der Waals surface area contributed by atoms with Gasteiger partial charge in [-0.05, 0) is 56.4 Å². The zero-order valence-corrected chi connectivity index (χ0v) is 18.3. The van der Waals surface area contributed by atoms with Gasteiger partial charge in [0.1, 0.15) is 5.00 Å². The molecule has 3 rings (SSSR count). The summed E-state index contributed by atoms with van der Waals surface area (Å²) in [6, 6.07) is 4.64. The number of anilines is 2. The molecule has 1 unspecified atom stereocenters. The number of benzene rings is 1. The summed E-state index contributed by atoms with van der Waals surface area (Å²) in [5.74, 6) is -1.40. The number of nitrogens with one attached hydrogen (secondary N) is 2. The van der Waals surface area contributed by atoms with Crippen LogP contribution in [-0.2, 0) is 27.2 Å². The molecule has 0 fully saturated rings. The molecule has 6 nitrogen and oxygen atoms in total. The van der Waals surface area contributed by atoms with Crippen molar-refractivity contribution in [2.45, 2.75) is 45.6 Å². The average Bonchev–Trinajstić information content (AvgIpc) is 2.97. The highest BCUT2D eigenvalue weighted by molar-refractivity contribution is 7.17. The van der Waals surface area contributed by atoms with Gasteiger partial charge in [0.15, 0.2) is 6.10 Å². The lowest BCUT2D eigenvalue weighted by atomic mass is 9.95. The minimum atomic E-state index is -1.05. The highest BCUT2D eigenvalue weighted by Gasteiger charge is 2.29. The molecule has 0 radical (unpaired) electrons. The Morgan fingerprint density at radius 1 is 1.07 bits per heavy atom. The highest BCUT2D eigenvalue weighted by atomic mass is 35.5. The Kier molecular flexibility index (Phi) is 6.82. The quantitative estimate of drug-likeness (QED) is 0.617. The summed E-state index contributed by atoms with van der Waals surface area (Å²) in [5, 5.41) is 6.58. The fourth-order valence-electron chi connectivity index (χ4n) is 3.17. The monoisotopic (exact) mass is 454 g/mol. The van der Waals surface area contributed by atoms with Crippen LogP contribution in [0, 0.1) is 0 Å². The highest BCUT2D eigenvalue weighted by Crippen LogP contribution is 2.38. The van der Waals surface area contributed by atoms with Crippen molar-refractivity contribution in [3.63, 3.8) is 0 Å². The van der Waals surface area contributed by atoms with Crippen LogP contribution in [0.25, 0.3) is 0 Å².